The van der Waals surface area contributed by atoms with Gasteiger partial charge in [-0.15, -0.1) is 0 Å². The van der Waals surface area contributed by atoms with E-state index in [0.29, 0.717) is 0 Å². The van der Waals surface area contributed by atoms with Gasteiger partial charge in [-0.1, -0.05) is 231 Å². The maximum atomic E-state index is 7.72. The summed E-state index contributed by atoms with van der Waals surface area (Å²) in [4.78, 5) is 5.21. The molecule has 0 amide bonds. The first-order valence-electron chi connectivity index (χ1n) is 31.4. The second-order valence-corrected chi connectivity index (χ2v) is 24.3. The van der Waals surface area contributed by atoms with Gasteiger partial charge in [-0.05, 0) is 112 Å². The van der Waals surface area contributed by atoms with Crippen molar-refractivity contribution < 1.29 is 4.42 Å². The number of benzene rings is 14. The Morgan fingerprint density at radius 3 is 1.12 bits per heavy atom. The summed E-state index contributed by atoms with van der Waals surface area (Å²) in [5, 5.41) is 9.38. The van der Waals surface area contributed by atoms with E-state index in [1.54, 1.807) is 0 Å². The lowest BCUT2D eigenvalue weighted by Gasteiger charge is -2.45. The summed E-state index contributed by atoms with van der Waals surface area (Å²) in [5.41, 5.74) is 26.1. The Bertz CT molecular complexity index is 5890. The highest BCUT2D eigenvalue weighted by molar-refractivity contribution is 7.01. The van der Waals surface area contributed by atoms with Crippen molar-refractivity contribution in [2.24, 2.45) is 0 Å². The normalized spacial score (nSPS) is 12.8. The number of para-hydroxylation sites is 9. The standard InChI is InChI=1S/C84H52BN5O/c1-3-25-53(26-4-1)57-29-7-16-38-67(57)89-75-49-55(86-69-40-18-9-31-59(69)60-32-10-19-41-70(60)86)47-48-66(75)85-82-77(89)50-56(87-71-42-20-11-33-61(71)62-34-12-21-43-72(62)87)51-78(82)90(68-39-17-8-30-58(68)54-27-5-2-6-28-54)79-52-76(81-65-37-15-24-46-80(65)91-84(81)83(79)85)88-73-44-22-13-35-63(73)64-36-14-23-45-74(64)88/h1-52H. The Hall–Kier alpha value is -12.1. The molecule has 0 saturated heterocycles. The van der Waals surface area contributed by atoms with Crippen molar-refractivity contribution in [2.45, 2.75) is 0 Å². The summed E-state index contributed by atoms with van der Waals surface area (Å²) in [6, 6.07) is 117. The first-order chi connectivity index (χ1) is 45.2. The van der Waals surface area contributed by atoms with Crippen LogP contribution in [-0.4, -0.2) is 20.4 Å². The highest BCUT2D eigenvalue weighted by Gasteiger charge is 2.47. The van der Waals surface area contributed by atoms with Crippen molar-refractivity contribution in [2.75, 3.05) is 9.80 Å². The Kier molecular flexibility index (Phi) is 10.6. The van der Waals surface area contributed by atoms with E-state index in [1.807, 2.05) is 0 Å². The van der Waals surface area contributed by atoms with E-state index in [4.69, 9.17) is 4.42 Å². The van der Waals surface area contributed by atoms with Crippen molar-refractivity contribution in [1.82, 2.24) is 13.7 Å². The number of anilines is 6. The monoisotopic (exact) mass is 1160 g/mol. The van der Waals surface area contributed by atoms with Crippen molar-refractivity contribution in [1.29, 1.82) is 0 Å². The lowest BCUT2D eigenvalue weighted by Crippen LogP contribution is -2.61. The van der Waals surface area contributed by atoms with Gasteiger partial charge in [0.15, 0.2) is 0 Å². The Morgan fingerprint density at radius 1 is 0.253 bits per heavy atom. The summed E-state index contributed by atoms with van der Waals surface area (Å²) >= 11 is 0. The summed E-state index contributed by atoms with van der Waals surface area (Å²) < 4.78 is 15.2. The molecule has 14 aromatic carbocycles. The molecule has 422 valence electrons. The minimum absolute atomic E-state index is 0.343. The molecule has 6 heterocycles. The molecular formula is C84H52BN5O. The van der Waals surface area contributed by atoms with E-state index in [-0.39, 0.29) is 6.71 Å². The third kappa shape index (κ3) is 7.08. The number of rotatable bonds is 7. The molecule has 0 unspecified atom stereocenters. The molecule has 0 saturated carbocycles. The van der Waals surface area contributed by atoms with Gasteiger partial charge >= 0.3 is 0 Å². The lowest BCUT2D eigenvalue weighted by molar-refractivity contribution is 0.671. The molecule has 0 aliphatic carbocycles. The predicted octanol–water partition coefficient (Wildman–Crippen LogP) is 20.3. The van der Waals surface area contributed by atoms with E-state index in [9.17, 15) is 0 Å². The van der Waals surface area contributed by atoms with Crippen LogP contribution in [0.5, 0.6) is 0 Å². The van der Waals surface area contributed by atoms with E-state index in [1.165, 1.54) is 43.2 Å². The van der Waals surface area contributed by atoms with Crippen LogP contribution in [0.15, 0.2) is 320 Å². The zero-order valence-electron chi connectivity index (χ0n) is 49.2. The molecule has 0 spiro atoms. The van der Waals surface area contributed by atoms with Crippen LogP contribution in [0.4, 0.5) is 34.1 Å². The van der Waals surface area contributed by atoms with Gasteiger partial charge in [0.1, 0.15) is 11.2 Å². The minimum Gasteiger partial charge on any atom is -0.456 e. The molecule has 0 N–H and O–H groups in total. The van der Waals surface area contributed by atoms with Crippen molar-refractivity contribution in [3.8, 4) is 39.3 Å². The van der Waals surface area contributed by atoms with Crippen LogP contribution in [0.3, 0.4) is 0 Å². The molecule has 91 heavy (non-hydrogen) atoms. The average Bonchev–Trinajstić information content (AvgIpc) is 1.59. The van der Waals surface area contributed by atoms with Crippen molar-refractivity contribution in [3.05, 3.63) is 315 Å². The fourth-order valence-electron chi connectivity index (χ4n) is 15.9. The van der Waals surface area contributed by atoms with Gasteiger partial charge in [0, 0.05) is 77.3 Å². The van der Waals surface area contributed by atoms with Crippen LogP contribution in [-0.2, 0) is 0 Å². The highest BCUT2D eigenvalue weighted by atomic mass is 16.3. The predicted molar refractivity (Wildman–Crippen MR) is 382 cm³/mol. The molecule has 0 radical (unpaired) electrons. The highest BCUT2D eigenvalue weighted by Crippen LogP contribution is 2.53. The van der Waals surface area contributed by atoms with Gasteiger partial charge in [0.2, 0.25) is 0 Å². The quantitative estimate of drug-likeness (QED) is 0.149. The average molecular weight is 1160 g/mol. The third-order valence-corrected chi connectivity index (χ3v) is 19.6. The second-order valence-electron chi connectivity index (χ2n) is 24.3. The lowest BCUT2D eigenvalue weighted by atomic mass is 9.33. The number of aromatic nitrogens is 3. The Labute approximate surface area is 524 Å². The number of furan rings is 1. The number of fused-ring (bicyclic) bond motifs is 17. The number of nitrogens with zero attached hydrogens (tertiary/aromatic N) is 5. The first-order valence-corrected chi connectivity index (χ1v) is 31.4. The molecule has 7 heteroatoms. The molecular weight excluding hydrogens is 1110 g/mol. The van der Waals surface area contributed by atoms with Crippen LogP contribution in [0, 0.1) is 0 Å². The van der Waals surface area contributed by atoms with E-state index >= 15 is 0 Å². The minimum atomic E-state index is -0.343. The molecule has 0 bridgehead atoms. The smallest absolute Gasteiger partial charge is 0.257 e. The van der Waals surface area contributed by atoms with Crippen LogP contribution in [0.2, 0.25) is 0 Å². The van der Waals surface area contributed by atoms with Gasteiger partial charge in [-0.3, -0.25) is 0 Å². The van der Waals surface area contributed by atoms with Gasteiger partial charge < -0.3 is 27.9 Å². The van der Waals surface area contributed by atoms with Crippen LogP contribution in [0.25, 0.3) is 127 Å². The molecule has 0 fully saturated rings. The first kappa shape index (κ1) is 50.0. The summed E-state index contributed by atoms with van der Waals surface area (Å²) in [6.45, 7) is -0.343. The van der Waals surface area contributed by atoms with E-state index < -0.39 is 0 Å². The second kappa shape index (κ2) is 19.2. The van der Waals surface area contributed by atoms with Gasteiger partial charge in [-0.25, -0.2) is 0 Å². The fraction of sp³-hybridized carbons (Fsp3) is 0. The van der Waals surface area contributed by atoms with Gasteiger partial charge in [0.25, 0.3) is 6.71 Å². The maximum Gasteiger partial charge on any atom is 0.257 e. The fourth-order valence-corrected chi connectivity index (χ4v) is 15.9. The van der Waals surface area contributed by atoms with Crippen molar-refractivity contribution >= 4 is 145 Å². The largest absolute Gasteiger partial charge is 0.456 e. The van der Waals surface area contributed by atoms with Crippen LogP contribution in [0.1, 0.15) is 0 Å². The molecule has 2 aliphatic heterocycles. The van der Waals surface area contributed by atoms with Gasteiger partial charge in [0.05, 0.1) is 61.2 Å². The summed E-state index contributed by atoms with van der Waals surface area (Å²) in [7, 11) is 0. The third-order valence-electron chi connectivity index (χ3n) is 19.6. The topological polar surface area (TPSA) is 34.4 Å². The Morgan fingerprint density at radius 2 is 0.626 bits per heavy atom. The molecule has 2 aliphatic rings. The molecule has 6 nitrogen and oxygen atoms in total. The Balaban J connectivity index is 0.999. The number of hydrogen-bond donors (Lipinski definition) is 0. The van der Waals surface area contributed by atoms with Crippen molar-refractivity contribution in [3.63, 3.8) is 0 Å². The zero-order chi connectivity index (χ0) is 59.4. The maximum absolute atomic E-state index is 7.72. The number of hydrogen-bond acceptors (Lipinski definition) is 3. The SMILES string of the molecule is c1ccc(-c2ccccc2N2c3cc(-n4c5ccccc5c5ccccc54)ccc3B3c4c2cc(-n2c5ccccc5c5ccccc52)cc4N(c2ccccc2-c2ccccc2)c2cc(-n4c5ccccc5c5ccccc54)c4c(oc5ccccc54)c23)cc1. The van der Waals surface area contributed by atoms with Gasteiger partial charge in [-0.2, -0.15) is 0 Å². The summed E-state index contributed by atoms with van der Waals surface area (Å²) in [6.07, 6.45) is 0. The molecule has 18 aromatic rings. The van der Waals surface area contributed by atoms with E-state index in [2.05, 4.69) is 339 Å². The van der Waals surface area contributed by atoms with E-state index in [0.717, 1.165) is 134 Å². The van der Waals surface area contributed by atoms with Crippen LogP contribution < -0.4 is 26.2 Å². The molecule has 0 atom stereocenters. The zero-order valence-corrected chi connectivity index (χ0v) is 49.2. The molecule has 20 rings (SSSR count). The molecule has 4 aromatic heterocycles. The summed E-state index contributed by atoms with van der Waals surface area (Å²) in [5.74, 6) is 0. The van der Waals surface area contributed by atoms with Crippen LogP contribution >= 0.6 is 0 Å².